The van der Waals surface area contributed by atoms with Crippen LogP contribution in [-0.2, 0) is 55.1 Å². The van der Waals surface area contributed by atoms with Gasteiger partial charge in [-0.25, -0.2) is 0 Å². The van der Waals surface area contributed by atoms with Gasteiger partial charge in [0.2, 0.25) is 5.91 Å². The Morgan fingerprint density at radius 1 is 0.860 bits per heavy atom. The van der Waals surface area contributed by atoms with Crippen molar-refractivity contribution in [1.82, 2.24) is 5.32 Å². The first-order valence-corrected chi connectivity index (χ1v) is 21.8. The second-order valence-corrected chi connectivity index (χ2v) is 21.3. The Hall–Kier alpha value is -2.99. The van der Waals surface area contributed by atoms with E-state index in [1.165, 1.54) is 6.92 Å². The Morgan fingerprint density at radius 3 is 1.92 bits per heavy atom. The minimum Gasteiger partial charge on any atom is -0.409 e. The Bertz CT molecular complexity index is 1560. The molecule has 2 fully saturated rings. The number of hydrogen-bond acceptors (Lipinski definition) is 9. The zero-order chi connectivity index (χ0) is 35.9. The summed E-state index contributed by atoms with van der Waals surface area (Å²) in [4.78, 5) is 26.6. The van der Waals surface area contributed by atoms with Crippen molar-refractivity contribution in [2.24, 2.45) is 0 Å². The highest BCUT2D eigenvalue weighted by Gasteiger charge is 2.54. The summed E-state index contributed by atoms with van der Waals surface area (Å²) in [6.07, 6.45) is -3.94. The monoisotopic (exact) mass is 723 g/mol. The molecule has 6 atom stereocenters. The van der Waals surface area contributed by atoms with Gasteiger partial charge < -0.3 is 33.0 Å². The van der Waals surface area contributed by atoms with E-state index in [2.05, 4.69) is 39.2 Å². The van der Waals surface area contributed by atoms with Crippen molar-refractivity contribution in [3.8, 4) is 0 Å². The lowest BCUT2D eigenvalue weighted by molar-refractivity contribution is -0.312. The van der Waals surface area contributed by atoms with Crippen LogP contribution in [0, 0.1) is 0 Å². The third-order valence-electron chi connectivity index (χ3n) is 9.51. The third-order valence-corrected chi connectivity index (χ3v) is 15.8. The highest BCUT2D eigenvalue weighted by atomic mass is 31.2. The van der Waals surface area contributed by atoms with Crippen molar-refractivity contribution in [3.05, 3.63) is 108 Å². The molecule has 0 aromatic heterocycles. The van der Waals surface area contributed by atoms with E-state index in [9.17, 15) is 14.2 Å². The lowest BCUT2D eigenvalue weighted by atomic mass is 9.89. The molecule has 3 aromatic rings. The van der Waals surface area contributed by atoms with Gasteiger partial charge in [-0.1, -0.05) is 112 Å². The summed E-state index contributed by atoms with van der Waals surface area (Å²) in [5.41, 5.74) is 2.45. The third kappa shape index (κ3) is 10.1. The van der Waals surface area contributed by atoms with Crippen LogP contribution in [0.2, 0.25) is 18.1 Å². The number of hydrogen-bond donors (Lipinski definition) is 1. The van der Waals surface area contributed by atoms with E-state index in [0.717, 1.165) is 16.7 Å². The molecular weight excluding hydrogens is 673 g/mol. The van der Waals surface area contributed by atoms with Gasteiger partial charge in [0.25, 0.3) is 0 Å². The Balaban J connectivity index is 1.39. The van der Waals surface area contributed by atoms with Gasteiger partial charge >= 0.3 is 7.60 Å². The summed E-state index contributed by atoms with van der Waals surface area (Å²) in [6.45, 7) is 12.4. The smallest absolute Gasteiger partial charge is 0.338 e. The molecule has 0 aliphatic carbocycles. The van der Waals surface area contributed by atoms with Crippen LogP contribution < -0.4 is 5.32 Å². The molecule has 0 radical (unpaired) electrons. The van der Waals surface area contributed by atoms with Crippen molar-refractivity contribution in [2.45, 2.75) is 102 Å². The first-order valence-electron chi connectivity index (χ1n) is 17.1. The van der Waals surface area contributed by atoms with Crippen LogP contribution in [0.15, 0.2) is 91.0 Å². The standard InChI is InChI=1S/C38H50NO9PSi/c1-27(40)39-34-32(22-31(41)26-49(42,44-23-28-16-10-7-11-17-28)45-24-29-18-12-8-13-19-29)46-33-25-43-37(30-20-14-9-15-21-30)47-35(33)36(34)48-50(5,6)38(2,3)4/h7-21,32-37H,22-26H2,1-6H3,(H,39,40)/t32-,33-,34+,35-,36-,37?/m1/s1. The molecule has 1 amide bonds. The van der Waals surface area contributed by atoms with Crippen LogP contribution >= 0.6 is 7.60 Å². The predicted octanol–water partition coefficient (Wildman–Crippen LogP) is 7.35. The van der Waals surface area contributed by atoms with Crippen LogP contribution in [0.1, 0.15) is 57.1 Å². The molecule has 1 unspecified atom stereocenters. The van der Waals surface area contributed by atoms with Crippen LogP contribution in [0.5, 0.6) is 0 Å². The highest BCUT2D eigenvalue weighted by molar-refractivity contribution is 7.54. The number of amides is 1. The van der Waals surface area contributed by atoms with Gasteiger partial charge in [0, 0.05) is 18.9 Å². The maximum absolute atomic E-state index is 14.2. The lowest BCUT2D eigenvalue weighted by Crippen LogP contribution is -2.69. The molecule has 5 rings (SSSR count). The Kier molecular flexibility index (Phi) is 12.7. The molecule has 2 aliphatic rings. The number of ketones is 1. The SMILES string of the molecule is CC(=O)N[C@@H]1[C@@H](O[Si](C)(C)C(C)(C)C)[C@@H]2OC(c3ccccc3)OC[C@H]2O[C@@H]1CC(=O)CP(=O)(OCc1ccccc1)OCc1ccccc1. The number of rotatable bonds is 14. The van der Waals surface area contributed by atoms with Crippen molar-refractivity contribution >= 4 is 27.6 Å². The normalized spacial score (nSPS) is 24.3. The number of Topliss-reactive ketones (excluding diaryl/α,β-unsaturated/α-hetero) is 1. The molecule has 0 spiro atoms. The number of ether oxygens (including phenoxy) is 3. The van der Waals surface area contributed by atoms with E-state index in [0.29, 0.717) is 0 Å². The fourth-order valence-corrected chi connectivity index (χ4v) is 8.66. The summed E-state index contributed by atoms with van der Waals surface area (Å²) >= 11 is 0. The van der Waals surface area contributed by atoms with Gasteiger partial charge in [0.05, 0.1) is 38.1 Å². The van der Waals surface area contributed by atoms with Gasteiger partial charge in [0.15, 0.2) is 14.6 Å². The zero-order valence-corrected chi connectivity index (χ0v) is 31.7. The topological polar surface area (TPSA) is 119 Å². The molecule has 2 saturated heterocycles. The molecule has 10 nitrogen and oxygen atoms in total. The van der Waals surface area contributed by atoms with E-state index >= 15 is 0 Å². The molecule has 0 bridgehead atoms. The van der Waals surface area contributed by atoms with E-state index in [1.807, 2.05) is 91.0 Å². The molecule has 12 heteroatoms. The lowest BCUT2D eigenvalue weighted by Gasteiger charge is -2.52. The minimum absolute atomic E-state index is 0.0120. The molecular formula is C38H50NO9PSi. The zero-order valence-electron chi connectivity index (χ0n) is 29.8. The fraction of sp³-hybridized carbons (Fsp3) is 0.474. The van der Waals surface area contributed by atoms with Crippen LogP contribution in [-0.4, -0.2) is 63.2 Å². The highest BCUT2D eigenvalue weighted by Crippen LogP contribution is 2.50. The number of fused-ring (bicyclic) bond motifs is 1. The first-order chi connectivity index (χ1) is 23.7. The van der Waals surface area contributed by atoms with Gasteiger partial charge in [-0.3, -0.25) is 14.2 Å². The van der Waals surface area contributed by atoms with Crippen molar-refractivity contribution in [2.75, 3.05) is 12.8 Å². The van der Waals surface area contributed by atoms with Crippen molar-refractivity contribution in [1.29, 1.82) is 0 Å². The summed E-state index contributed by atoms with van der Waals surface area (Å²) in [6, 6.07) is 27.5. The van der Waals surface area contributed by atoms with Gasteiger partial charge in [-0.2, -0.15) is 0 Å². The largest absolute Gasteiger partial charge is 0.409 e. The van der Waals surface area contributed by atoms with E-state index in [1.54, 1.807) is 0 Å². The molecule has 2 heterocycles. The molecule has 50 heavy (non-hydrogen) atoms. The molecule has 3 aromatic carbocycles. The first kappa shape index (κ1) is 38.2. The van der Waals surface area contributed by atoms with Gasteiger partial charge in [-0.15, -0.1) is 0 Å². The number of carbonyl (C=O) groups is 2. The second-order valence-electron chi connectivity index (χ2n) is 14.5. The summed E-state index contributed by atoms with van der Waals surface area (Å²) in [7, 11) is -6.38. The van der Waals surface area contributed by atoms with Crippen molar-refractivity contribution < 1.29 is 41.8 Å². The summed E-state index contributed by atoms with van der Waals surface area (Å²) in [5, 5.41) is 2.88. The molecule has 270 valence electrons. The quantitative estimate of drug-likeness (QED) is 0.135. The van der Waals surface area contributed by atoms with E-state index < -0.39 is 58.8 Å². The van der Waals surface area contributed by atoms with Gasteiger partial charge in [0.1, 0.15) is 24.2 Å². The average Bonchev–Trinajstić information content (AvgIpc) is 3.08. The number of carbonyl (C=O) groups excluding carboxylic acids is 2. The molecule has 2 aliphatic heterocycles. The minimum atomic E-state index is -3.93. The fourth-order valence-electron chi connectivity index (χ4n) is 5.83. The van der Waals surface area contributed by atoms with E-state index in [-0.39, 0.29) is 43.0 Å². The van der Waals surface area contributed by atoms with E-state index in [4.69, 9.17) is 27.7 Å². The number of benzene rings is 3. The van der Waals surface area contributed by atoms with Crippen LogP contribution in [0.4, 0.5) is 0 Å². The summed E-state index contributed by atoms with van der Waals surface area (Å²) in [5.74, 6) is -0.688. The van der Waals surface area contributed by atoms with Crippen molar-refractivity contribution in [3.63, 3.8) is 0 Å². The number of nitrogens with one attached hydrogen (secondary N) is 1. The summed E-state index contributed by atoms with van der Waals surface area (Å²) < 4.78 is 52.3. The Morgan fingerprint density at radius 2 is 1.40 bits per heavy atom. The Labute approximate surface area is 296 Å². The second kappa shape index (κ2) is 16.6. The predicted molar refractivity (Wildman–Crippen MR) is 193 cm³/mol. The van der Waals surface area contributed by atoms with Crippen LogP contribution in [0.3, 0.4) is 0 Å². The van der Waals surface area contributed by atoms with Crippen LogP contribution in [0.25, 0.3) is 0 Å². The molecule has 1 N–H and O–H groups in total. The maximum Gasteiger partial charge on any atom is 0.338 e. The molecule has 0 saturated carbocycles. The van der Waals surface area contributed by atoms with Gasteiger partial charge in [-0.05, 0) is 29.3 Å². The maximum atomic E-state index is 14.2. The average molecular weight is 724 g/mol.